The summed E-state index contributed by atoms with van der Waals surface area (Å²) in [6, 6.07) is 12.7. The molecule has 5 nitrogen and oxygen atoms in total. The minimum absolute atomic E-state index is 0.348. The summed E-state index contributed by atoms with van der Waals surface area (Å²) in [5.74, 6) is 0.379. The molecule has 1 heterocycles. The fraction of sp³-hybridized carbons (Fsp3) is 0.0625. The summed E-state index contributed by atoms with van der Waals surface area (Å²) in [6.45, 7) is 0.510. The zero-order chi connectivity index (χ0) is 17.8. The summed E-state index contributed by atoms with van der Waals surface area (Å²) in [5, 5.41) is 12.2. The Morgan fingerprint density at radius 3 is 2.56 bits per heavy atom. The molecule has 128 valence electrons. The van der Waals surface area contributed by atoms with Crippen molar-refractivity contribution in [2.75, 3.05) is 10.6 Å². The number of nitrogens with one attached hydrogen (secondary N) is 2. The zero-order valence-electron chi connectivity index (χ0n) is 12.7. The van der Waals surface area contributed by atoms with Gasteiger partial charge in [0.05, 0.1) is 27.3 Å². The number of halogens is 3. The van der Waals surface area contributed by atoms with Crippen molar-refractivity contribution in [3.05, 3.63) is 69.4 Å². The van der Waals surface area contributed by atoms with Crippen LogP contribution in [0.2, 0.25) is 15.1 Å². The van der Waals surface area contributed by atoms with Crippen LogP contribution in [0, 0.1) is 0 Å². The summed E-state index contributed by atoms with van der Waals surface area (Å²) in [7, 11) is 0. The van der Waals surface area contributed by atoms with E-state index in [4.69, 9.17) is 47.0 Å². The van der Waals surface area contributed by atoms with Crippen LogP contribution in [0.25, 0.3) is 0 Å². The van der Waals surface area contributed by atoms with E-state index in [1.165, 1.54) is 0 Å². The van der Waals surface area contributed by atoms with Crippen LogP contribution in [0.5, 0.6) is 0 Å². The lowest BCUT2D eigenvalue weighted by atomic mass is 10.2. The van der Waals surface area contributed by atoms with Gasteiger partial charge in [0.2, 0.25) is 5.95 Å². The van der Waals surface area contributed by atoms with E-state index in [1.54, 1.807) is 29.2 Å². The topological polar surface area (TPSA) is 54.8 Å². The van der Waals surface area contributed by atoms with E-state index in [0.29, 0.717) is 38.4 Å². The molecule has 0 spiro atoms. The fourth-order valence-corrected chi connectivity index (χ4v) is 2.78. The predicted octanol–water partition coefficient (Wildman–Crippen LogP) is 5.10. The Hall–Kier alpha value is -1.86. The van der Waals surface area contributed by atoms with Crippen molar-refractivity contribution in [3.63, 3.8) is 0 Å². The number of anilines is 2. The Morgan fingerprint density at radius 1 is 1.00 bits per heavy atom. The molecule has 0 aliphatic rings. The maximum Gasteiger partial charge on any atom is 0.248 e. The number of para-hydroxylation sites is 1. The van der Waals surface area contributed by atoms with Crippen LogP contribution in [0.3, 0.4) is 0 Å². The van der Waals surface area contributed by atoms with Crippen LogP contribution < -0.4 is 10.6 Å². The zero-order valence-corrected chi connectivity index (χ0v) is 15.8. The van der Waals surface area contributed by atoms with Crippen molar-refractivity contribution in [3.8, 4) is 0 Å². The van der Waals surface area contributed by atoms with Gasteiger partial charge >= 0.3 is 0 Å². The average Bonchev–Trinajstić information content (AvgIpc) is 3.00. The van der Waals surface area contributed by atoms with Gasteiger partial charge in [0.15, 0.2) is 5.11 Å². The molecule has 0 fully saturated rings. The Bertz CT molecular complexity index is 912. The molecule has 25 heavy (non-hydrogen) atoms. The number of rotatable bonds is 4. The molecule has 3 aromatic rings. The maximum atomic E-state index is 6.08. The first-order chi connectivity index (χ1) is 12.0. The third-order valence-corrected chi connectivity index (χ3v) is 4.49. The molecule has 0 radical (unpaired) electrons. The van der Waals surface area contributed by atoms with E-state index in [-0.39, 0.29) is 0 Å². The van der Waals surface area contributed by atoms with E-state index in [0.717, 1.165) is 5.56 Å². The second-order valence-electron chi connectivity index (χ2n) is 5.07. The quantitative estimate of drug-likeness (QED) is 0.584. The lowest BCUT2D eigenvalue weighted by molar-refractivity contribution is 0.687. The minimum Gasteiger partial charge on any atom is -0.331 e. The molecule has 0 aliphatic carbocycles. The molecule has 2 aromatic carbocycles. The highest BCUT2D eigenvalue weighted by atomic mass is 35.5. The number of benzene rings is 2. The molecule has 2 N–H and O–H groups in total. The summed E-state index contributed by atoms with van der Waals surface area (Å²) in [5.41, 5.74) is 1.67. The van der Waals surface area contributed by atoms with Gasteiger partial charge in [0.25, 0.3) is 0 Å². The van der Waals surface area contributed by atoms with Crippen LogP contribution in [0.4, 0.5) is 11.6 Å². The van der Waals surface area contributed by atoms with Gasteiger partial charge in [-0.05, 0) is 42.0 Å². The molecule has 0 unspecified atom stereocenters. The molecule has 0 amide bonds. The van der Waals surface area contributed by atoms with Crippen molar-refractivity contribution < 1.29 is 0 Å². The molecule has 0 saturated carbocycles. The minimum atomic E-state index is 0.348. The standard InChI is InChI=1S/C16H12Cl3N5S/c17-11-6-5-10(7-13(11)19)8-24-9-20-15(23-24)22-16(25)21-14-4-2-1-3-12(14)18/h1-7,9H,8H2,(H2,21,22,23,25). The molecular formula is C16H12Cl3N5S. The third kappa shape index (κ3) is 4.83. The van der Waals surface area contributed by atoms with E-state index >= 15 is 0 Å². The molecule has 3 rings (SSSR count). The molecule has 0 atom stereocenters. The highest BCUT2D eigenvalue weighted by Gasteiger charge is 2.07. The smallest absolute Gasteiger partial charge is 0.248 e. The predicted molar refractivity (Wildman–Crippen MR) is 107 cm³/mol. The van der Waals surface area contributed by atoms with Crippen LogP contribution in [-0.2, 0) is 6.54 Å². The Morgan fingerprint density at radius 2 is 1.80 bits per heavy atom. The van der Waals surface area contributed by atoms with Gasteiger partial charge in [0.1, 0.15) is 6.33 Å². The Kier molecular flexibility index (Phi) is 5.75. The number of nitrogens with zero attached hydrogens (tertiary/aromatic N) is 3. The van der Waals surface area contributed by atoms with Crippen LogP contribution in [0.15, 0.2) is 48.8 Å². The highest BCUT2D eigenvalue weighted by molar-refractivity contribution is 7.80. The third-order valence-electron chi connectivity index (χ3n) is 3.21. The molecule has 0 bridgehead atoms. The number of aromatic nitrogens is 3. The van der Waals surface area contributed by atoms with E-state index < -0.39 is 0 Å². The van der Waals surface area contributed by atoms with E-state index in [2.05, 4.69) is 20.7 Å². The van der Waals surface area contributed by atoms with Gasteiger partial charge in [-0.25, -0.2) is 9.67 Å². The second kappa shape index (κ2) is 8.01. The monoisotopic (exact) mass is 411 g/mol. The van der Waals surface area contributed by atoms with Gasteiger partial charge in [-0.2, -0.15) is 0 Å². The van der Waals surface area contributed by atoms with Crippen molar-refractivity contribution in [1.29, 1.82) is 0 Å². The van der Waals surface area contributed by atoms with Gasteiger partial charge < -0.3 is 5.32 Å². The summed E-state index contributed by atoms with van der Waals surface area (Å²) in [6.07, 6.45) is 1.60. The van der Waals surface area contributed by atoms with Gasteiger partial charge in [-0.1, -0.05) is 53.0 Å². The number of hydrogen-bond donors (Lipinski definition) is 2. The number of thiocarbonyl (C=S) groups is 1. The first-order valence-electron chi connectivity index (χ1n) is 7.17. The van der Waals surface area contributed by atoms with Crippen LogP contribution >= 0.6 is 47.0 Å². The largest absolute Gasteiger partial charge is 0.331 e. The fourth-order valence-electron chi connectivity index (χ4n) is 2.07. The van der Waals surface area contributed by atoms with Gasteiger partial charge in [0, 0.05) is 0 Å². The lowest BCUT2D eigenvalue weighted by Gasteiger charge is -2.09. The summed E-state index contributed by atoms with van der Waals surface area (Å²) >= 11 is 23.3. The normalized spacial score (nSPS) is 10.5. The first kappa shape index (κ1) is 17.9. The van der Waals surface area contributed by atoms with Crippen molar-refractivity contribution in [2.45, 2.75) is 6.54 Å². The van der Waals surface area contributed by atoms with Gasteiger partial charge in [-0.3, -0.25) is 5.32 Å². The summed E-state index contributed by atoms with van der Waals surface area (Å²) in [4.78, 5) is 4.18. The second-order valence-corrected chi connectivity index (χ2v) is 6.70. The number of hydrogen-bond acceptors (Lipinski definition) is 3. The van der Waals surface area contributed by atoms with Crippen molar-refractivity contribution >= 4 is 63.8 Å². The van der Waals surface area contributed by atoms with Crippen molar-refractivity contribution in [1.82, 2.24) is 14.8 Å². The molecular weight excluding hydrogens is 401 g/mol. The summed E-state index contributed by atoms with van der Waals surface area (Å²) < 4.78 is 1.67. The first-order valence-corrected chi connectivity index (χ1v) is 8.71. The molecule has 1 aromatic heterocycles. The lowest BCUT2D eigenvalue weighted by Crippen LogP contribution is -2.20. The molecule has 9 heteroatoms. The van der Waals surface area contributed by atoms with Crippen molar-refractivity contribution in [2.24, 2.45) is 0 Å². The Balaban J connectivity index is 1.62. The van der Waals surface area contributed by atoms with E-state index in [1.807, 2.05) is 24.3 Å². The molecule has 0 saturated heterocycles. The van der Waals surface area contributed by atoms with Gasteiger partial charge in [-0.15, -0.1) is 5.10 Å². The molecule has 0 aliphatic heterocycles. The highest BCUT2D eigenvalue weighted by Crippen LogP contribution is 2.23. The average molecular weight is 413 g/mol. The van der Waals surface area contributed by atoms with Crippen LogP contribution in [-0.4, -0.2) is 19.9 Å². The Labute approximate surface area is 164 Å². The van der Waals surface area contributed by atoms with E-state index in [9.17, 15) is 0 Å². The SMILES string of the molecule is S=C(Nc1ncn(Cc2ccc(Cl)c(Cl)c2)n1)Nc1ccccc1Cl. The van der Waals surface area contributed by atoms with Crippen LogP contribution in [0.1, 0.15) is 5.56 Å². The maximum absolute atomic E-state index is 6.08.